The lowest BCUT2D eigenvalue weighted by molar-refractivity contribution is 0.883. The fourth-order valence-electron chi connectivity index (χ4n) is 1.000. The topological polar surface area (TPSA) is 59.8 Å². The summed E-state index contributed by atoms with van der Waals surface area (Å²) in [6.07, 6.45) is 6.28. The summed E-state index contributed by atoms with van der Waals surface area (Å²) in [6.45, 7) is 0. The summed E-state index contributed by atoms with van der Waals surface area (Å²) in [6, 6.07) is 4.89. The lowest BCUT2D eigenvalue weighted by Gasteiger charge is -2.05. The third kappa shape index (κ3) is 1.77. The Hall–Kier alpha value is -2.17. The first-order valence-corrected chi connectivity index (χ1v) is 4.07. The number of pyridine rings is 1. The SMILES string of the molecule is O=c1ccccn1Nc1cnccn1. The molecule has 0 saturated carbocycles. The molecule has 70 valence electrons. The Kier molecular flexibility index (Phi) is 2.22. The quantitative estimate of drug-likeness (QED) is 0.746. The zero-order valence-electron chi connectivity index (χ0n) is 7.29. The maximum absolute atomic E-state index is 11.3. The Morgan fingerprint density at radius 3 is 2.93 bits per heavy atom. The minimum atomic E-state index is -0.141. The van der Waals surface area contributed by atoms with Crippen LogP contribution < -0.4 is 11.0 Å². The highest BCUT2D eigenvalue weighted by Crippen LogP contribution is 1.95. The zero-order valence-corrected chi connectivity index (χ0v) is 7.29. The van der Waals surface area contributed by atoms with E-state index in [1.807, 2.05) is 0 Å². The van der Waals surface area contributed by atoms with Gasteiger partial charge < -0.3 is 0 Å². The van der Waals surface area contributed by atoms with Crippen LogP contribution in [0.1, 0.15) is 0 Å². The first-order valence-electron chi connectivity index (χ1n) is 4.07. The molecule has 0 fully saturated rings. The van der Waals surface area contributed by atoms with Crippen molar-refractivity contribution in [2.45, 2.75) is 0 Å². The van der Waals surface area contributed by atoms with Crippen LogP contribution in [-0.4, -0.2) is 14.6 Å². The molecule has 2 rings (SSSR count). The number of nitrogens with zero attached hydrogens (tertiary/aromatic N) is 3. The Morgan fingerprint density at radius 2 is 2.21 bits per heavy atom. The van der Waals surface area contributed by atoms with Gasteiger partial charge in [-0.1, -0.05) is 6.07 Å². The normalized spacial score (nSPS) is 9.71. The van der Waals surface area contributed by atoms with Crippen molar-refractivity contribution in [3.8, 4) is 0 Å². The van der Waals surface area contributed by atoms with Crippen LogP contribution in [-0.2, 0) is 0 Å². The van der Waals surface area contributed by atoms with E-state index in [0.29, 0.717) is 5.82 Å². The van der Waals surface area contributed by atoms with Gasteiger partial charge in [-0.3, -0.25) is 15.2 Å². The van der Waals surface area contributed by atoms with E-state index in [0.717, 1.165) is 0 Å². The zero-order chi connectivity index (χ0) is 9.80. The second-order valence-corrected chi connectivity index (χ2v) is 2.61. The van der Waals surface area contributed by atoms with Crippen molar-refractivity contribution >= 4 is 5.82 Å². The van der Waals surface area contributed by atoms with Gasteiger partial charge in [0.2, 0.25) is 0 Å². The molecule has 0 radical (unpaired) electrons. The molecule has 5 nitrogen and oxygen atoms in total. The van der Waals surface area contributed by atoms with E-state index in [9.17, 15) is 4.79 Å². The molecule has 0 aromatic carbocycles. The van der Waals surface area contributed by atoms with Crippen molar-refractivity contribution in [1.82, 2.24) is 14.6 Å². The van der Waals surface area contributed by atoms with Crippen LogP contribution >= 0.6 is 0 Å². The molecule has 2 aromatic rings. The summed E-state index contributed by atoms with van der Waals surface area (Å²) in [5.41, 5.74) is 2.66. The Balaban J connectivity index is 2.28. The van der Waals surface area contributed by atoms with E-state index in [1.54, 1.807) is 36.9 Å². The van der Waals surface area contributed by atoms with Gasteiger partial charge in [-0.25, -0.2) is 9.66 Å². The summed E-state index contributed by atoms with van der Waals surface area (Å²) < 4.78 is 1.34. The largest absolute Gasteiger partial charge is 0.274 e. The van der Waals surface area contributed by atoms with Crippen molar-refractivity contribution in [1.29, 1.82) is 0 Å². The molecule has 2 aromatic heterocycles. The molecule has 0 aliphatic rings. The number of anilines is 1. The highest BCUT2D eigenvalue weighted by Gasteiger charge is 1.94. The average molecular weight is 188 g/mol. The maximum Gasteiger partial charge on any atom is 0.269 e. The van der Waals surface area contributed by atoms with Gasteiger partial charge >= 0.3 is 0 Å². The Labute approximate surface area is 80.0 Å². The van der Waals surface area contributed by atoms with Crippen molar-refractivity contribution in [2.75, 3.05) is 5.43 Å². The maximum atomic E-state index is 11.3. The molecule has 2 heterocycles. The fraction of sp³-hybridized carbons (Fsp3) is 0. The van der Waals surface area contributed by atoms with E-state index in [4.69, 9.17) is 0 Å². The third-order valence-electron chi connectivity index (χ3n) is 1.62. The lowest BCUT2D eigenvalue weighted by Crippen LogP contribution is -2.24. The molecule has 5 heteroatoms. The minimum Gasteiger partial charge on any atom is -0.274 e. The minimum absolute atomic E-state index is 0.141. The summed E-state index contributed by atoms with van der Waals surface area (Å²) in [5, 5.41) is 0. The van der Waals surface area contributed by atoms with E-state index in [2.05, 4.69) is 15.4 Å². The molecule has 0 saturated heterocycles. The number of nitrogens with one attached hydrogen (secondary N) is 1. The van der Waals surface area contributed by atoms with Crippen LogP contribution in [0.3, 0.4) is 0 Å². The van der Waals surface area contributed by atoms with Crippen molar-refractivity contribution in [3.63, 3.8) is 0 Å². The highest BCUT2D eigenvalue weighted by molar-refractivity contribution is 5.29. The molecule has 0 spiro atoms. The number of hydrogen-bond donors (Lipinski definition) is 1. The van der Waals surface area contributed by atoms with Crippen molar-refractivity contribution in [3.05, 3.63) is 53.3 Å². The van der Waals surface area contributed by atoms with Gasteiger partial charge in [-0.2, -0.15) is 0 Å². The van der Waals surface area contributed by atoms with E-state index in [-0.39, 0.29) is 5.56 Å². The summed E-state index contributed by atoms with van der Waals surface area (Å²) in [7, 11) is 0. The van der Waals surface area contributed by atoms with Gasteiger partial charge in [0.15, 0.2) is 5.82 Å². The molecule has 0 aliphatic heterocycles. The number of rotatable bonds is 2. The van der Waals surface area contributed by atoms with Gasteiger partial charge in [0.25, 0.3) is 5.56 Å². The van der Waals surface area contributed by atoms with Gasteiger partial charge in [0, 0.05) is 24.7 Å². The van der Waals surface area contributed by atoms with E-state index < -0.39 is 0 Å². The van der Waals surface area contributed by atoms with Gasteiger partial charge in [-0.05, 0) is 6.07 Å². The summed E-state index contributed by atoms with van der Waals surface area (Å²) >= 11 is 0. The van der Waals surface area contributed by atoms with Crippen LogP contribution in [0, 0.1) is 0 Å². The van der Waals surface area contributed by atoms with Crippen LogP contribution in [0.25, 0.3) is 0 Å². The monoisotopic (exact) mass is 188 g/mol. The number of hydrogen-bond acceptors (Lipinski definition) is 4. The molecule has 14 heavy (non-hydrogen) atoms. The summed E-state index contributed by atoms with van der Waals surface area (Å²) in [4.78, 5) is 19.1. The van der Waals surface area contributed by atoms with Crippen LogP contribution in [0.15, 0.2) is 47.8 Å². The van der Waals surface area contributed by atoms with Crippen molar-refractivity contribution in [2.24, 2.45) is 0 Å². The van der Waals surface area contributed by atoms with Crippen LogP contribution in [0.5, 0.6) is 0 Å². The molecule has 1 N–H and O–H groups in total. The van der Waals surface area contributed by atoms with E-state index >= 15 is 0 Å². The molecular formula is C9H8N4O. The van der Waals surface area contributed by atoms with Gasteiger partial charge in [0.05, 0.1) is 6.20 Å². The average Bonchev–Trinajstić information content (AvgIpc) is 2.23. The predicted octanol–water partition coefficient (Wildman–Crippen LogP) is 0.513. The lowest BCUT2D eigenvalue weighted by atomic mass is 10.5. The molecule has 0 aliphatic carbocycles. The molecular weight excluding hydrogens is 180 g/mol. The molecule has 0 atom stereocenters. The smallest absolute Gasteiger partial charge is 0.269 e. The van der Waals surface area contributed by atoms with Crippen LogP contribution in [0.4, 0.5) is 5.82 Å². The fourth-order valence-corrected chi connectivity index (χ4v) is 1.000. The molecule has 0 amide bonds. The predicted molar refractivity (Wildman–Crippen MR) is 51.8 cm³/mol. The third-order valence-corrected chi connectivity index (χ3v) is 1.62. The second kappa shape index (κ2) is 3.69. The Bertz CT molecular complexity index is 465. The first kappa shape index (κ1) is 8.43. The van der Waals surface area contributed by atoms with Gasteiger partial charge in [-0.15, -0.1) is 0 Å². The molecule has 0 unspecified atom stereocenters. The van der Waals surface area contributed by atoms with Gasteiger partial charge in [0.1, 0.15) is 0 Å². The van der Waals surface area contributed by atoms with E-state index in [1.165, 1.54) is 10.7 Å². The first-order chi connectivity index (χ1) is 6.86. The Morgan fingerprint density at radius 1 is 1.29 bits per heavy atom. The van der Waals surface area contributed by atoms with Crippen molar-refractivity contribution < 1.29 is 0 Å². The van der Waals surface area contributed by atoms with Crippen LogP contribution in [0.2, 0.25) is 0 Å². The number of aromatic nitrogens is 3. The standard InChI is InChI=1S/C9H8N4O/c14-9-3-1-2-6-13(9)12-8-7-10-4-5-11-8/h1-7H,(H,11,12). The summed E-state index contributed by atoms with van der Waals surface area (Å²) in [5.74, 6) is 0.529. The molecule has 0 bridgehead atoms. The second-order valence-electron chi connectivity index (χ2n) is 2.61. The highest BCUT2D eigenvalue weighted by atomic mass is 16.1.